The lowest BCUT2D eigenvalue weighted by atomic mass is 9.85. The molecule has 1 saturated heterocycles. The maximum Gasteiger partial charge on any atom is 0.154 e. The van der Waals surface area contributed by atoms with E-state index in [2.05, 4.69) is 11.0 Å². The quantitative estimate of drug-likeness (QED) is 0.680. The normalized spacial score (nSPS) is 24.9. The second-order valence-electron chi connectivity index (χ2n) is 4.50. The van der Waals surface area contributed by atoms with E-state index in [4.69, 9.17) is 5.26 Å². The predicted molar refractivity (Wildman–Crippen MR) is 54.6 cm³/mol. The van der Waals surface area contributed by atoms with Crippen molar-refractivity contribution in [3.8, 4) is 6.07 Å². The number of likely N-dealkylation sites (tertiary alicyclic amines) is 1. The SMILES string of the molecule is CC(C)C(C#N)C(=O)C1CCN(C)C1. The highest BCUT2D eigenvalue weighted by molar-refractivity contribution is 5.86. The van der Waals surface area contributed by atoms with Crippen LogP contribution in [-0.2, 0) is 4.79 Å². The second-order valence-corrected chi connectivity index (χ2v) is 4.50. The average molecular weight is 194 g/mol. The van der Waals surface area contributed by atoms with Crippen molar-refractivity contribution in [1.29, 1.82) is 5.26 Å². The third kappa shape index (κ3) is 2.33. The largest absolute Gasteiger partial charge is 0.306 e. The van der Waals surface area contributed by atoms with Gasteiger partial charge in [0, 0.05) is 12.5 Å². The summed E-state index contributed by atoms with van der Waals surface area (Å²) in [6.07, 6.45) is 0.917. The molecule has 2 atom stereocenters. The minimum absolute atomic E-state index is 0.0899. The van der Waals surface area contributed by atoms with Gasteiger partial charge in [-0.15, -0.1) is 0 Å². The smallest absolute Gasteiger partial charge is 0.154 e. The number of hydrogen-bond donors (Lipinski definition) is 0. The van der Waals surface area contributed by atoms with Crippen LogP contribution >= 0.6 is 0 Å². The Kier molecular flexibility index (Phi) is 3.65. The van der Waals surface area contributed by atoms with Crippen LogP contribution in [0.5, 0.6) is 0 Å². The number of carbonyl (C=O) groups excluding carboxylic acids is 1. The van der Waals surface area contributed by atoms with Gasteiger partial charge in [-0.1, -0.05) is 13.8 Å². The van der Waals surface area contributed by atoms with Crippen molar-refractivity contribution in [2.75, 3.05) is 20.1 Å². The van der Waals surface area contributed by atoms with E-state index in [1.807, 2.05) is 20.9 Å². The Morgan fingerprint density at radius 1 is 1.57 bits per heavy atom. The standard InChI is InChI=1S/C11H18N2O/c1-8(2)10(6-12)11(14)9-4-5-13(3)7-9/h8-10H,4-5,7H2,1-3H3. The lowest BCUT2D eigenvalue weighted by molar-refractivity contribution is -0.125. The molecular formula is C11H18N2O. The van der Waals surface area contributed by atoms with Gasteiger partial charge in [0.2, 0.25) is 0 Å². The molecule has 14 heavy (non-hydrogen) atoms. The molecule has 0 radical (unpaired) electrons. The van der Waals surface area contributed by atoms with Crippen LogP contribution in [0.4, 0.5) is 0 Å². The first-order valence-electron chi connectivity index (χ1n) is 5.18. The monoisotopic (exact) mass is 194 g/mol. The van der Waals surface area contributed by atoms with Crippen molar-refractivity contribution in [3.63, 3.8) is 0 Å². The Balaban J connectivity index is 2.60. The van der Waals surface area contributed by atoms with E-state index in [9.17, 15) is 4.79 Å². The van der Waals surface area contributed by atoms with E-state index < -0.39 is 5.92 Å². The van der Waals surface area contributed by atoms with Crippen LogP contribution in [0.15, 0.2) is 0 Å². The molecule has 1 aliphatic rings. The summed E-state index contributed by atoms with van der Waals surface area (Å²) in [5, 5.41) is 8.91. The molecule has 0 saturated carbocycles. The number of nitriles is 1. The molecule has 0 bridgehead atoms. The number of rotatable bonds is 3. The number of hydrogen-bond acceptors (Lipinski definition) is 3. The van der Waals surface area contributed by atoms with Gasteiger partial charge in [-0.25, -0.2) is 0 Å². The molecule has 3 nitrogen and oxygen atoms in total. The van der Waals surface area contributed by atoms with Gasteiger partial charge >= 0.3 is 0 Å². The van der Waals surface area contributed by atoms with Crippen LogP contribution in [0.25, 0.3) is 0 Å². The molecule has 0 amide bonds. The topological polar surface area (TPSA) is 44.1 Å². The minimum atomic E-state index is -0.411. The number of nitrogens with zero attached hydrogens (tertiary/aromatic N) is 2. The van der Waals surface area contributed by atoms with Gasteiger partial charge in [0.1, 0.15) is 5.92 Å². The van der Waals surface area contributed by atoms with Crippen LogP contribution in [0.1, 0.15) is 20.3 Å². The van der Waals surface area contributed by atoms with E-state index in [-0.39, 0.29) is 17.6 Å². The third-order valence-electron chi connectivity index (χ3n) is 2.91. The van der Waals surface area contributed by atoms with E-state index in [0.717, 1.165) is 19.5 Å². The molecule has 78 valence electrons. The molecule has 1 fully saturated rings. The maximum atomic E-state index is 11.9. The van der Waals surface area contributed by atoms with Gasteiger partial charge in [-0.2, -0.15) is 5.26 Å². The van der Waals surface area contributed by atoms with E-state index >= 15 is 0 Å². The molecule has 0 spiro atoms. The molecule has 0 aromatic carbocycles. The van der Waals surface area contributed by atoms with Crippen molar-refractivity contribution < 1.29 is 4.79 Å². The summed E-state index contributed by atoms with van der Waals surface area (Å²) in [5.41, 5.74) is 0. The van der Waals surface area contributed by atoms with Crippen molar-refractivity contribution in [1.82, 2.24) is 4.90 Å². The van der Waals surface area contributed by atoms with Gasteiger partial charge < -0.3 is 4.90 Å². The lowest BCUT2D eigenvalue weighted by Crippen LogP contribution is -2.28. The zero-order chi connectivity index (χ0) is 10.7. The highest BCUT2D eigenvalue weighted by Gasteiger charge is 2.32. The van der Waals surface area contributed by atoms with E-state index in [1.54, 1.807) is 0 Å². The van der Waals surface area contributed by atoms with Crippen LogP contribution in [-0.4, -0.2) is 30.8 Å². The minimum Gasteiger partial charge on any atom is -0.306 e. The third-order valence-corrected chi connectivity index (χ3v) is 2.91. The van der Waals surface area contributed by atoms with Gasteiger partial charge in [0.15, 0.2) is 5.78 Å². The first-order valence-corrected chi connectivity index (χ1v) is 5.18. The summed E-state index contributed by atoms with van der Waals surface area (Å²) in [7, 11) is 2.02. The Bertz CT molecular complexity index is 255. The van der Waals surface area contributed by atoms with Crippen molar-refractivity contribution in [2.45, 2.75) is 20.3 Å². The molecule has 0 N–H and O–H groups in total. The summed E-state index contributed by atoms with van der Waals surface area (Å²) >= 11 is 0. The summed E-state index contributed by atoms with van der Waals surface area (Å²) in [6, 6.07) is 2.12. The molecule has 3 heteroatoms. The zero-order valence-electron chi connectivity index (χ0n) is 9.16. The highest BCUT2D eigenvalue weighted by atomic mass is 16.1. The summed E-state index contributed by atoms with van der Waals surface area (Å²) in [5.74, 6) is -0.0381. The first-order chi connectivity index (χ1) is 6.56. The molecule has 1 aliphatic heterocycles. The van der Waals surface area contributed by atoms with Crippen LogP contribution < -0.4 is 0 Å². The maximum absolute atomic E-state index is 11.9. The van der Waals surface area contributed by atoms with Crippen molar-refractivity contribution in [2.24, 2.45) is 17.8 Å². The van der Waals surface area contributed by atoms with Crippen LogP contribution in [0.3, 0.4) is 0 Å². The fourth-order valence-electron chi connectivity index (χ4n) is 1.96. The highest BCUT2D eigenvalue weighted by Crippen LogP contribution is 2.22. The summed E-state index contributed by atoms with van der Waals surface area (Å²) in [4.78, 5) is 14.1. The summed E-state index contributed by atoms with van der Waals surface area (Å²) in [6.45, 7) is 5.67. The first kappa shape index (κ1) is 11.2. The van der Waals surface area contributed by atoms with Crippen molar-refractivity contribution >= 4 is 5.78 Å². The molecule has 1 rings (SSSR count). The van der Waals surface area contributed by atoms with Crippen LogP contribution in [0.2, 0.25) is 0 Å². The molecule has 2 unspecified atom stereocenters. The number of carbonyl (C=O) groups is 1. The molecule has 0 aromatic rings. The Morgan fingerprint density at radius 3 is 2.57 bits per heavy atom. The van der Waals surface area contributed by atoms with Gasteiger partial charge in [0.25, 0.3) is 0 Å². The Morgan fingerprint density at radius 2 is 2.21 bits per heavy atom. The van der Waals surface area contributed by atoms with Gasteiger partial charge in [-0.05, 0) is 25.9 Å². The van der Waals surface area contributed by atoms with Crippen molar-refractivity contribution in [3.05, 3.63) is 0 Å². The van der Waals surface area contributed by atoms with Crippen LogP contribution in [0, 0.1) is 29.1 Å². The van der Waals surface area contributed by atoms with E-state index in [1.165, 1.54) is 0 Å². The van der Waals surface area contributed by atoms with E-state index in [0.29, 0.717) is 0 Å². The fourth-order valence-corrected chi connectivity index (χ4v) is 1.96. The average Bonchev–Trinajstić information content (AvgIpc) is 2.52. The Labute approximate surface area is 85.7 Å². The van der Waals surface area contributed by atoms with Gasteiger partial charge in [0.05, 0.1) is 6.07 Å². The second kappa shape index (κ2) is 4.56. The molecule has 0 aromatic heterocycles. The predicted octanol–water partition coefficient (Wildman–Crippen LogP) is 1.30. The number of ketones is 1. The Hall–Kier alpha value is -0.880. The van der Waals surface area contributed by atoms with Gasteiger partial charge in [-0.3, -0.25) is 4.79 Å². The zero-order valence-corrected chi connectivity index (χ0v) is 9.16. The molecule has 1 heterocycles. The number of Topliss-reactive ketones (excluding diaryl/α,β-unsaturated/α-hetero) is 1. The molecule has 0 aliphatic carbocycles. The lowest BCUT2D eigenvalue weighted by Gasteiger charge is -2.16. The molecular weight excluding hydrogens is 176 g/mol. The summed E-state index contributed by atoms with van der Waals surface area (Å²) < 4.78 is 0. The fraction of sp³-hybridized carbons (Fsp3) is 0.818.